The molecule has 0 amide bonds. The summed E-state index contributed by atoms with van der Waals surface area (Å²) in [4.78, 5) is 2.73. The number of aromatic nitrogens is 1. The molecular formula is C7H9NO. The van der Waals surface area contributed by atoms with E-state index in [9.17, 15) is 0 Å². The summed E-state index contributed by atoms with van der Waals surface area (Å²) in [6.07, 6.45) is 1.86. The van der Waals surface area contributed by atoms with Crippen molar-refractivity contribution in [2.24, 2.45) is 0 Å². The minimum absolute atomic E-state index is 0.174. The van der Waals surface area contributed by atoms with Crippen molar-refractivity contribution >= 4 is 12.7 Å². The van der Waals surface area contributed by atoms with Crippen LogP contribution in [0.4, 0.5) is 0 Å². The average molecular weight is 123 g/mol. The van der Waals surface area contributed by atoms with E-state index in [-0.39, 0.29) is 5.88 Å². The Bertz CT molecular complexity index is 297. The molecule has 1 aromatic heterocycles. The molecule has 2 nitrogen and oxygen atoms in total. The highest BCUT2D eigenvalue weighted by molar-refractivity contribution is 5.24. The number of aromatic amines is 1. The molecule has 0 atom stereocenters. The molecule has 48 valence electrons. The number of aromatic hydroxyl groups is 1. The van der Waals surface area contributed by atoms with Crippen molar-refractivity contribution in [2.45, 2.75) is 6.92 Å². The molecule has 9 heavy (non-hydrogen) atoms. The molecule has 0 unspecified atom stereocenters. The summed E-state index contributed by atoms with van der Waals surface area (Å²) < 4.78 is 0. The third-order valence-electron chi connectivity index (χ3n) is 1.21. The Kier molecular flexibility index (Phi) is 1.30. The van der Waals surface area contributed by atoms with Gasteiger partial charge in [-0.3, -0.25) is 0 Å². The van der Waals surface area contributed by atoms with Crippen LogP contribution in [0.5, 0.6) is 5.88 Å². The predicted molar refractivity (Wildman–Crippen MR) is 37.4 cm³/mol. The second-order valence-electron chi connectivity index (χ2n) is 1.88. The van der Waals surface area contributed by atoms with Gasteiger partial charge in [-0.2, -0.15) is 0 Å². The molecule has 1 aromatic rings. The van der Waals surface area contributed by atoms with Crippen molar-refractivity contribution in [1.29, 1.82) is 0 Å². The van der Waals surface area contributed by atoms with Crippen LogP contribution in [0.2, 0.25) is 0 Å². The van der Waals surface area contributed by atoms with Gasteiger partial charge in [0.2, 0.25) is 0 Å². The smallest absolute Gasteiger partial charge is 0.189 e. The van der Waals surface area contributed by atoms with Crippen molar-refractivity contribution in [3.05, 3.63) is 16.6 Å². The van der Waals surface area contributed by atoms with Gasteiger partial charge in [0.25, 0.3) is 0 Å². The minimum Gasteiger partial charge on any atom is -0.495 e. The molecule has 0 aliphatic carbocycles. The van der Waals surface area contributed by atoms with Crippen LogP contribution in [-0.2, 0) is 0 Å². The topological polar surface area (TPSA) is 36.0 Å². The van der Waals surface area contributed by atoms with Gasteiger partial charge in [0.05, 0.1) is 0 Å². The summed E-state index contributed by atoms with van der Waals surface area (Å²) in [5.41, 5.74) is 0. The number of rotatable bonds is 0. The summed E-state index contributed by atoms with van der Waals surface area (Å²) in [6, 6.07) is 1.59. The summed E-state index contributed by atoms with van der Waals surface area (Å²) in [5, 5.41) is 10.6. The van der Waals surface area contributed by atoms with Gasteiger partial charge in [-0.25, -0.2) is 0 Å². The van der Waals surface area contributed by atoms with Gasteiger partial charge in [0, 0.05) is 11.4 Å². The van der Waals surface area contributed by atoms with E-state index in [1.165, 1.54) is 0 Å². The largest absolute Gasteiger partial charge is 0.495 e. The maximum Gasteiger partial charge on any atom is 0.189 e. The lowest BCUT2D eigenvalue weighted by molar-refractivity contribution is 0.456. The van der Waals surface area contributed by atoms with Gasteiger partial charge in [-0.1, -0.05) is 12.7 Å². The van der Waals surface area contributed by atoms with Gasteiger partial charge in [-0.15, -0.1) is 0 Å². The Labute approximate surface area is 53.2 Å². The quantitative estimate of drug-likeness (QED) is 0.497. The van der Waals surface area contributed by atoms with E-state index in [1.807, 2.05) is 13.0 Å². The molecule has 0 aromatic carbocycles. The maximum atomic E-state index is 8.85. The predicted octanol–water partition coefficient (Wildman–Crippen LogP) is -0.0690. The van der Waals surface area contributed by atoms with Crippen molar-refractivity contribution in [3.63, 3.8) is 0 Å². The second-order valence-corrected chi connectivity index (χ2v) is 1.88. The first-order chi connectivity index (χ1) is 4.24. The number of hydrogen-bond donors (Lipinski definition) is 2. The molecule has 0 saturated carbocycles. The molecule has 1 rings (SSSR count). The molecule has 0 saturated heterocycles. The first-order valence-corrected chi connectivity index (χ1v) is 2.77. The normalized spacial score (nSPS) is 12.3. The zero-order valence-corrected chi connectivity index (χ0v) is 5.31. The zero-order chi connectivity index (χ0) is 6.85. The molecule has 0 aliphatic heterocycles. The molecule has 0 aliphatic rings. The maximum absolute atomic E-state index is 8.85. The Morgan fingerprint density at radius 3 is 2.67 bits per heavy atom. The Morgan fingerprint density at radius 2 is 2.44 bits per heavy atom. The third kappa shape index (κ3) is 0.964. The number of H-pyrrole nitrogens is 1. The molecule has 0 fully saturated rings. The van der Waals surface area contributed by atoms with Crippen LogP contribution >= 0.6 is 0 Å². The highest BCUT2D eigenvalue weighted by Gasteiger charge is 1.86. The fraction of sp³-hybridized carbons (Fsp3) is 0.143. The number of hydrogen-bond acceptors (Lipinski definition) is 1. The van der Waals surface area contributed by atoms with Crippen LogP contribution in [0, 0.1) is 0 Å². The Balaban J connectivity index is 3.52. The van der Waals surface area contributed by atoms with Crippen LogP contribution < -0.4 is 10.6 Å². The average Bonchev–Trinajstić information content (AvgIpc) is 2.10. The summed E-state index contributed by atoms with van der Waals surface area (Å²) >= 11 is 0. The van der Waals surface area contributed by atoms with E-state index in [4.69, 9.17) is 5.11 Å². The van der Waals surface area contributed by atoms with Crippen LogP contribution in [0.25, 0.3) is 12.7 Å². The van der Waals surface area contributed by atoms with Gasteiger partial charge in [-0.05, 0) is 12.1 Å². The van der Waals surface area contributed by atoms with E-state index in [0.29, 0.717) is 0 Å². The highest BCUT2D eigenvalue weighted by atomic mass is 16.3. The first-order valence-electron chi connectivity index (χ1n) is 2.77. The molecule has 1 heterocycles. The lowest BCUT2D eigenvalue weighted by Crippen LogP contribution is -2.19. The van der Waals surface area contributed by atoms with Gasteiger partial charge in [0.15, 0.2) is 5.88 Å². The van der Waals surface area contributed by atoms with Gasteiger partial charge >= 0.3 is 0 Å². The van der Waals surface area contributed by atoms with Crippen molar-refractivity contribution in [1.82, 2.24) is 4.98 Å². The molecule has 2 N–H and O–H groups in total. The first kappa shape index (κ1) is 5.95. The number of nitrogens with one attached hydrogen (secondary N) is 1. The van der Waals surface area contributed by atoms with Crippen molar-refractivity contribution < 1.29 is 5.11 Å². The lowest BCUT2D eigenvalue weighted by atomic mass is 10.4. The Morgan fingerprint density at radius 1 is 1.78 bits per heavy atom. The second kappa shape index (κ2) is 1.97. The summed E-state index contributed by atoms with van der Waals surface area (Å²) in [5.74, 6) is 0.174. The fourth-order valence-electron chi connectivity index (χ4n) is 0.755. The Hall–Kier alpha value is -1.18. The minimum atomic E-state index is 0.174. The van der Waals surface area contributed by atoms with Crippen LogP contribution in [0.1, 0.15) is 6.92 Å². The van der Waals surface area contributed by atoms with E-state index in [2.05, 4.69) is 11.6 Å². The van der Waals surface area contributed by atoms with E-state index >= 15 is 0 Å². The molecule has 0 radical (unpaired) electrons. The lowest BCUT2D eigenvalue weighted by Gasteiger charge is -1.74. The summed E-state index contributed by atoms with van der Waals surface area (Å²) in [6.45, 7) is 5.58. The zero-order valence-electron chi connectivity index (χ0n) is 5.31. The standard InChI is InChI=1S/C7H9NO/c1-3-6-5(2)4-7(9)8-6/h3-4,8-9H,2H2,1H3. The molecule has 0 bridgehead atoms. The molecule has 2 heteroatoms. The van der Waals surface area contributed by atoms with Gasteiger partial charge in [0.1, 0.15) is 0 Å². The van der Waals surface area contributed by atoms with Crippen molar-refractivity contribution in [2.75, 3.05) is 0 Å². The third-order valence-corrected chi connectivity index (χ3v) is 1.21. The van der Waals surface area contributed by atoms with E-state index < -0.39 is 0 Å². The monoisotopic (exact) mass is 123 g/mol. The van der Waals surface area contributed by atoms with Crippen LogP contribution in [-0.4, -0.2) is 10.1 Å². The van der Waals surface area contributed by atoms with Crippen molar-refractivity contribution in [3.8, 4) is 5.88 Å². The van der Waals surface area contributed by atoms with Gasteiger partial charge < -0.3 is 10.1 Å². The van der Waals surface area contributed by atoms with Crippen LogP contribution in [0.15, 0.2) is 6.07 Å². The molecule has 0 spiro atoms. The van der Waals surface area contributed by atoms with Crippen LogP contribution in [0.3, 0.4) is 0 Å². The molecular weight excluding hydrogens is 114 g/mol. The highest BCUT2D eigenvalue weighted by Crippen LogP contribution is 1.89. The SMILES string of the molecule is C=c1cc(O)[nH]c1=CC. The fourth-order valence-corrected chi connectivity index (χ4v) is 0.755. The van der Waals surface area contributed by atoms with E-state index in [1.54, 1.807) is 6.07 Å². The summed E-state index contributed by atoms with van der Waals surface area (Å²) in [7, 11) is 0. The van der Waals surface area contributed by atoms with E-state index in [0.717, 1.165) is 10.6 Å².